The van der Waals surface area contributed by atoms with Gasteiger partial charge in [-0.3, -0.25) is 4.79 Å². The lowest BCUT2D eigenvalue weighted by Gasteiger charge is -2.06. The van der Waals surface area contributed by atoms with Gasteiger partial charge in [0, 0.05) is 4.91 Å². The Kier molecular flexibility index (Phi) is 4.52. The Balaban J connectivity index is 2.61. The maximum atomic E-state index is 11.8. The molecule has 1 unspecified atom stereocenters. The Morgan fingerprint density at radius 3 is 2.57 bits per heavy atom. The van der Waals surface area contributed by atoms with Crippen LogP contribution in [-0.2, 0) is 9.53 Å². The third-order valence-corrected chi connectivity index (χ3v) is 3.89. The molecule has 14 heavy (non-hydrogen) atoms. The summed E-state index contributed by atoms with van der Waals surface area (Å²) in [6, 6.07) is 0. The summed E-state index contributed by atoms with van der Waals surface area (Å²) in [6.07, 6.45) is 4.16. The molecule has 0 aromatic heterocycles. The fourth-order valence-corrected chi connectivity index (χ4v) is 2.90. The van der Waals surface area contributed by atoms with E-state index in [0.29, 0.717) is 5.76 Å². The predicted octanol–water partition coefficient (Wildman–Crippen LogP) is 3.13. The summed E-state index contributed by atoms with van der Waals surface area (Å²) in [5.74, 6) is 0.807. The van der Waals surface area contributed by atoms with Crippen molar-refractivity contribution >= 4 is 17.5 Å². The van der Waals surface area contributed by atoms with E-state index in [0.717, 1.165) is 30.6 Å². The molecule has 1 aliphatic rings. The van der Waals surface area contributed by atoms with E-state index in [4.69, 9.17) is 4.74 Å². The molecule has 0 aromatic rings. The van der Waals surface area contributed by atoms with Gasteiger partial charge in [-0.15, -0.1) is 11.8 Å². The average molecular weight is 214 g/mol. The lowest BCUT2D eigenvalue weighted by molar-refractivity contribution is -0.117. The molecule has 0 radical (unpaired) electrons. The van der Waals surface area contributed by atoms with Crippen LogP contribution in [0.2, 0.25) is 0 Å². The zero-order chi connectivity index (χ0) is 10.6. The van der Waals surface area contributed by atoms with Crippen LogP contribution in [0.1, 0.15) is 39.5 Å². The molecule has 80 valence electrons. The lowest BCUT2D eigenvalue weighted by atomic mass is 10.1. The third kappa shape index (κ3) is 2.32. The van der Waals surface area contributed by atoms with Gasteiger partial charge in [-0.2, -0.15) is 0 Å². The number of ketones is 1. The molecule has 1 atom stereocenters. The molecular weight excluding hydrogens is 196 g/mol. The number of thioether (sulfide) groups is 1. The molecule has 1 rings (SSSR count). The highest BCUT2D eigenvalue weighted by Crippen LogP contribution is 2.39. The van der Waals surface area contributed by atoms with Crippen LogP contribution >= 0.6 is 11.8 Å². The van der Waals surface area contributed by atoms with Crippen molar-refractivity contribution in [3.05, 3.63) is 10.7 Å². The van der Waals surface area contributed by atoms with Crippen molar-refractivity contribution in [1.82, 2.24) is 0 Å². The average Bonchev–Trinajstić information content (AvgIpc) is 2.51. The van der Waals surface area contributed by atoms with Gasteiger partial charge in [0.1, 0.15) is 0 Å². The molecule has 3 heteroatoms. The number of unbranched alkanes of at least 4 members (excludes halogenated alkanes) is 1. The molecule has 0 amide bonds. The van der Waals surface area contributed by atoms with E-state index in [1.807, 2.05) is 0 Å². The number of methoxy groups -OCH3 is 1. The molecule has 0 saturated carbocycles. The van der Waals surface area contributed by atoms with Gasteiger partial charge in [0.15, 0.2) is 5.76 Å². The van der Waals surface area contributed by atoms with Crippen LogP contribution in [0.25, 0.3) is 0 Å². The van der Waals surface area contributed by atoms with Gasteiger partial charge in [-0.1, -0.05) is 26.7 Å². The molecule has 0 aromatic carbocycles. The second-order valence-electron chi connectivity index (χ2n) is 3.42. The van der Waals surface area contributed by atoms with Crippen molar-refractivity contribution in [2.24, 2.45) is 0 Å². The maximum Gasteiger partial charge on any atom is 0.211 e. The number of hydrogen-bond acceptors (Lipinski definition) is 3. The fourth-order valence-electron chi connectivity index (χ4n) is 1.60. The molecule has 0 bridgehead atoms. The number of ether oxygens (including phenoxy) is 1. The number of hydrogen-bond donors (Lipinski definition) is 0. The molecule has 0 saturated heterocycles. The summed E-state index contributed by atoms with van der Waals surface area (Å²) in [6.45, 7) is 4.21. The van der Waals surface area contributed by atoms with Crippen molar-refractivity contribution in [2.75, 3.05) is 7.11 Å². The Morgan fingerprint density at radius 1 is 1.43 bits per heavy atom. The van der Waals surface area contributed by atoms with E-state index < -0.39 is 0 Å². The standard InChI is InChI=1S/C11H18O2S/c1-4-6-7-9-10(12)11(13-3)8(5-2)14-9/h9H,4-7H2,1-3H3. The van der Waals surface area contributed by atoms with Gasteiger partial charge < -0.3 is 4.74 Å². The number of allylic oxidation sites excluding steroid dienone is 2. The normalized spacial score (nSPS) is 21.9. The van der Waals surface area contributed by atoms with Gasteiger partial charge in [0.05, 0.1) is 12.4 Å². The number of carbonyl (C=O) groups excluding carboxylic acids is 1. The van der Waals surface area contributed by atoms with Crippen molar-refractivity contribution in [1.29, 1.82) is 0 Å². The van der Waals surface area contributed by atoms with Gasteiger partial charge in [0.25, 0.3) is 0 Å². The third-order valence-electron chi connectivity index (χ3n) is 2.40. The van der Waals surface area contributed by atoms with Crippen LogP contribution in [-0.4, -0.2) is 18.1 Å². The van der Waals surface area contributed by atoms with Crippen LogP contribution in [0, 0.1) is 0 Å². The van der Waals surface area contributed by atoms with E-state index in [1.165, 1.54) is 0 Å². The number of rotatable bonds is 5. The predicted molar refractivity (Wildman–Crippen MR) is 60.2 cm³/mol. The molecule has 1 aliphatic heterocycles. The largest absolute Gasteiger partial charge is 0.492 e. The monoisotopic (exact) mass is 214 g/mol. The van der Waals surface area contributed by atoms with Gasteiger partial charge in [-0.05, 0) is 12.8 Å². The highest BCUT2D eigenvalue weighted by molar-refractivity contribution is 8.04. The SMILES string of the molecule is CCCCC1SC(CC)=C(OC)C1=O. The summed E-state index contributed by atoms with van der Waals surface area (Å²) in [4.78, 5) is 12.9. The molecule has 1 heterocycles. The topological polar surface area (TPSA) is 26.3 Å². The Hall–Kier alpha value is -0.440. The zero-order valence-corrected chi connectivity index (χ0v) is 9.95. The second-order valence-corrected chi connectivity index (χ2v) is 4.72. The quantitative estimate of drug-likeness (QED) is 0.703. The van der Waals surface area contributed by atoms with Gasteiger partial charge in [-0.25, -0.2) is 0 Å². The maximum absolute atomic E-state index is 11.8. The lowest BCUT2D eigenvalue weighted by Crippen LogP contribution is -2.14. The Bertz CT molecular complexity index is 246. The van der Waals surface area contributed by atoms with Crippen LogP contribution in [0.5, 0.6) is 0 Å². The second kappa shape index (κ2) is 5.44. The fraction of sp³-hybridized carbons (Fsp3) is 0.727. The van der Waals surface area contributed by atoms with Crippen molar-refractivity contribution in [2.45, 2.75) is 44.8 Å². The van der Waals surface area contributed by atoms with E-state index in [2.05, 4.69) is 13.8 Å². The minimum absolute atomic E-state index is 0.125. The molecule has 0 fully saturated rings. The van der Waals surface area contributed by atoms with Crippen LogP contribution in [0.4, 0.5) is 0 Å². The van der Waals surface area contributed by atoms with Crippen LogP contribution < -0.4 is 0 Å². The summed E-state index contributed by atoms with van der Waals surface area (Å²) in [5, 5.41) is 0.125. The molecular formula is C11H18O2S. The molecule has 2 nitrogen and oxygen atoms in total. The van der Waals surface area contributed by atoms with Crippen molar-refractivity contribution < 1.29 is 9.53 Å². The molecule has 0 N–H and O–H groups in total. The van der Waals surface area contributed by atoms with E-state index >= 15 is 0 Å². The minimum Gasteiger partial charge on any atom is -0.492 e. The number of Topliss-reactive ketones (excluding diaryl/α,β-unsaturated/α-hetero) is 1. The summed E-state index contributed by atoms with van der Waals surface area (Å²) in [7, 11) is 1.59. The van der Waals surface area contributed by atoms with Crippen LogP contribution in [0.3, 0.4) is 0 Å². The Labute approximate surface area is 90.1 Å². The first-order valence-electron chi connectivity index (χ1n) is 5.22. The zero-order valence-electron chi connectivity index (χ0n) is 9.13. The minimum atomic E-state index is 0.125. The summed E-state index contributed by atoms with van der Waals surface area (Å²) in [5.41, 5.74) is 0. The summed E-state index contributed by atoms with van der Waals surface area (Å²) < 4.78 is 5.15. The summed E-state index contributed by atoms with van der Waals surface area (Å²) >= 11 is 1.70. The van der Waals surface area contributed by atoms with E-state index in [1.54, 1.807) is 18.9 Å². The van der Waals surface area contributed by atoms with Gasteiger partial charge in [0.2, 0.25) is 5.78 Å². The first-order chi connectivity index (χ1) is 6.74. The van der Waals surface area contributed by atoms with Crippen LogP contribution in [0.15, 0.2) is 10.7 Å². The van der Waals surface area contributed by atoms with Crippen molar-refractivity contribution in [3.63, 3.8) is 0 Å². The Morgan fingerprint density at radius 2 is 2.14 bits per heavy atom. The smallest absolute Gasteiger partial charge is 0.211 e. The molecule has 0 spiro atoms. The first-order valence-corrected chi connectivity index (χ1v) is 6.10. The number of carbonyl (C=O) groups is 1. The molecule has 0 aliphatic carbocycles. The van der Waals surface area contributed by atoms with E-state index in [-0.39, 0.29) is 11.0 Å². The van der Waals surface area contributed by atoms with Gasteiger partial charge >= 0.3 is 0 Å². The first kappa shape index (κ1) is 11.6. The van der Waals surface area contributed by atoms with Crippen molar-refractivity contribution in [3.8, 4) is 0 Å². The highest BCUT2D eigenvalue weighted by Gasteiger charge is 2.33. The highest BCUT2D eigenvalue weighted by atomic mass is 32.2. The van der Waals surface area contributed by atoms with E-state index in [9.17, 15) is 4.79 Å².